The monoisotopic (exact) mass is 221 g/mol. The van der Waals surface area contributed by atoms with Crippen molar-refractivity contribution in [2.24, 2.45) is 5.73 Å². The number of carboxylic acids is 1. The zero-order valence-electron chi connectivity index (χ0n) is 8.94. The molecule has 0 aliphatic heterocycles. The molecular formula is C12H15NO3. The molecule has 0 amide bonds. The zero-order chi connectivity index (χ0) is 11.8. The maximum absolute atomic E-state index is 10.6. The first kappa shape index (κ1) is 11.0. The number of nitrogens with two attached hydrogens (primary N) is 1. The summed E-state index contributed by atoms with van der Waals surface area (Å²) in [6.45, 7) is 0. The Balaban J connectivity index is 2.36. The van der Waals surface area contributed by atoms with E-state index in [2.05, 4.69) is 0 Å². The third kappa shape index (κ3) is 1.76. The fraction of sp³-hybridized carbons (Fsp3) is 0.417. The van der Waals surface area contributed by atoms with E-state index in [0.29, 0.717) is 11.1 Å². The van der Waals surface area contributed by atoms with Crippen molar-refractivity contribution in [3.05, 3.63) is 29.3 Å². The molecule has 4 nitrogen and oxygen atoms in total. The Kier molecular flexibility index (Phi) is 2.59. The molecule has 0 saturated heterocycles. The summed E-state index contributed by atoms with van der Waals surface area (Å²) >= 11 is 0. The number of rotatable bonds is 3. The van der Waals surface area contributed by atoms with Crippen LogP contribution in [0.3, 0.4) is 0 Å². The minimum absolute atomic E-state index is 0.0482. The van der Waals surface area contributed by atoms with E-state index in [9.17, 15) is 9.90 Å². The second kappa shape index (κ2) is 3.79. The largest absolute Gasteiger partial charge is 0.507 e. The normalized spacial score (nSPS) is 17.8. The molecule has 0 bridgehead atoms. The average Bonchev–Trinajstić information content (AvgIpc) is 2.17. The molecule has 1 fully saturated rings. The molecule has 4 heteroatoms. The number of hydrogen-bond acceptors (Lipinski definition) is 3. The summed E-state index contributed by atoms with van der Waals surface area (Å²) < 4.78 is 0. The molecule has 0 atom stereocenters. The third-order valence-electron chi connectivity index (χ3n) is 3.24. The lowest BCUT2D eigenvalue weighted by atomic mass is 9.72. The number of carbonyl (C=O) groups is 1. The number of phenolic OH excluding ortho intramolecular Hbond substituents is 1. The van der Waals surface area contributed by atoms with Gasteiger partial charge in [-0.15, -0.1) is 0 Å². The highest BCUT2D eigenvalue weighted by molar-refractivity contribution is 5.71. The molecule has 1 aliphatic rings. The van der Waals surface area contributed by atoms with Crippen molar-refractivity contribution in [2.75, 3.05) is 0 Å². The maximum atomic E-state index is 10.6. The first-order valence-corrected chi connectivity index (χ1v) is 5.35. The van der Waals surface area contributed by atoms with E-state index in [0.717, 1.165) is 19.3 Å². The van der Waals surface area contributed by atoms with Crippen LogP contribution in [0.1, 0.15) is 30.4 Å². The molecule has 86 valence electrons. The number of carboxylic acid groups (broad SMARTS) is 1. The molecule has 0 aromatic heterocycles. The SMILES string of the molecule is NC1(c2cccc(CC(=O)O)c2O)CCC1. The van der Waals surface area contributed by atoms with E-state index in [-0.39, 0.29) is 12.2 Å². The van der Waals surface area contributed by atoms with Crippen LogP contribution in [0.25, 0.3) is 0 Å². The Morgan fingerprint density at radius 1 is 1.44 bits per heavy atom. The highest BCUT2D eigenvalue weighted by Crippen LogP contribution is 2.43. The summed E-state index contributed by atoms with van der Waals surface area (Å²) in [6.07, 6.45) is 2.57. The van der Waals surface area contributed by atoms with Gasteiger partial charge in [0.15, 0.2) is 0 Å². The molecule has 0 heterocycles. The molecule has 1 aromatic carbocycles. The van der Waals surface area contributed by atoms with Crippen LogP contribution in [0, 0.1) is 0 Å². The van der Waals surface area contributed by atoms with Gasteiger partial charge in [0.05, 0.1) is 6.42 Å². The number of aromatic hydroxyl groups is 1. The Bertz CT molecular complexity index is 424. The highest BCUT2D eigenvalue weighted by Gasteiger charge is 2.36. The quantitative estimate of drug-likeness (QED) is 0.719. The Morgan fingerprint density at radius 2 is 2.12 bits per heavy atom. The van der Waals surface area contributed by atoms with Crippen molar-refractivity contribution < 1.29 is 15.0 Å². The van der Waals surface area contributed by atoms with E-state index < -0.39 is 11.5 Å². The summed E-state index contributed by atoms with van der Waals surface area (Å²) in [5, 5.41) is 18.7. The van der Waals surface area contributed by atoms with Gasteiger partial charge in [0.2, 0.25) is 0 Å². The third-order valence-corrected chi connectivity index (χ3v) is 3.24. The molecule has 1 aliphatic carbocycles. The summed E-state index contributed by atoms with van der Waals surface area (Å²) in [7, 11) is 0. The fourth-order valence-electron chi connectivity index (χ4n) is 2.13. The number of aliphatic carboxylic acids is 1. The average molecular weight is 221 g/mol. The zero-order valence-corrected chi connectivity index (χ0v) is 8.94. The van der Waals surface area contributed by atoms with Crippen molar-refractivity contribution in [3.8, 4) is 5.75 Å². The van der Waals surface area contributed by atoms with Crippen molar-refractivity contribution >= 4 is 5.97 Å². The van der Waals surface area contributed by atoms with Gasteiger partial charge in [-0.1, -0.05) is 18.2 Å². The van der Waals surface area contributed by atoms with E-state index in [1.807, 2.05) is 0 Å². The molecule has 16 heavy (non-hydrogen) atoms. The molecular weight excluding hydrogens is 206 g/mol. The molecule has 1 saturated carbocycles. The van der Waals surface area contributed by atoms with E-state index in [1.54, 1.807) is 18.2 Å². The first-order chi connectivity index (χ1) is 7.53. The number of para-hydroxylation sites is 1. The van der Waals surface area contributed by atoms with Gasteiger partial charge in [-0.3, -0.25) is 4.79 Å². The van der Waals surface area contributed by atoms with Gasteiger partial charge < -0.3 is 15.9 Å². The Labute approximate surface area is 93.7 Å². The first-order valence-electron chi connectivity index (χ1n) is 5.35. The van der Waals surface area contributed by atoms with Crippen LogP contribution in [0.4, 0.5) is 0 Å². The molecule has 4 N–H and O–H groups in total. The van der Waals surface area contributed by atoms with Crippen molar-refractivity contribution in [2.45, 2.75) is 31.2 Å². The topological polar surface area (TPSA) is 83.6 Å². The van der Waals surface area contributed by atoms with Gasteiger partial charge >= 0.3 is 5.97 Å². The van der Waals surface area contributed by atoms with Gasteiger partial charge in [-0.2, -0.15) is 0 Å². The highest BCUT2D eigenvalue weighted by atomic mass is 16.4. The van der Waals surface area contributed by atoms with Crippen molar-refractivity contribution in [1.29, 1.82) is 0 Å². The second-order valence-corrected chi connectivity index (χ2v) is 4.39. The van der Waals surface area contributed by atoms with E-state index >= 15 is 0 Å². The van der Waals surface area contributed by atoms with Crippen LogP contribution in [-0.2, 0) is 16.8 Å². The van der Waals surface area contributed by atoms with Crippen LogP contribution in [0.15, 0.2) is 18.2 Å². The van der Waals surface area contributed by atoms with Gasteiger partial charge in [0.25, 0.3) is 0 Å². The van der Waals surface area contributed by atoms with Crippen molar-refractivity contribution in [1.82, 2.24) is 0 Å². The number of hydrogen-bond donors (Lipinski definition) is 3. The lowest BCUT2D eigenvalue weighted by Gasteiger charge is -2.39. The lowest BCUT2D eigenvalue weighted by molar-refractivity contribution is -0.136. The Morgan fingerprint density at radius 3 is 2.62 bits per heavy atom. The molecule has 2 rings (SSSR count). The van der Waals surface area contributed by atoms with Crippen LogP contribution in [-0.4, -0.2) is 16.2 Å². The van der Waals surface area contributed by atoms with Gasteiger partial charge in [-0.25, -0.2) is 0 Å². The minimum atomic E-state index is -0.952. The van der Waals surface area contributed by atoms with Crippen LogP contribution in [0.5, 0.6) is 5.75 Å². The van der Waals surface area contributed by atoms with E-state index in [1.165, 1.54) is 0 Å². The predicted octanol–water partition coefficient (Wildman–Crippen LogP) is 1.36. The molecule has 0 radical (unpaired) electrons. The summed E-state index contributed by atoms with van der Waals surface area (Å²) in [4.78, 5) is 10.6. The summed E-state index contributed by atoms with van der Waals surface area (Å²) in [5.74, 6) is -0.903. The fourth-order valence-corrected chi connectivity index (χ4v) is 2.13. The second-order valence-electron chi connectivity index (χ2n) is 4.39. The predicted molar refractivity (Wildman–Crippen MR) is 59.2 cm³/mol. The smallest absolute Gasteiger partial charge is 0.307 e. The summed E-state index contributed by atoms with van der Waals surface area (Å²) in [5.41, 5.74) is 6.77. The molecule has 0 unspecified atom stereocenters. The number of benzene rings is 1. The van der Waals surface area contributed by atoms with Crippen molar-refractivity contribution in [3.63, 3.8) is 0 Å². The molecule has 1 aromatic rings. The van der Waals surface area contributed by atoms with Gasteiger partial charge in [0.1, 0.15) is 5.75 Å². The summed E-state index contributed by atoms with van der Waals surface area (Å²) in [6, 6.07) is 5.15. The minimum Gasteiger partial charge on any atom is -0.507 e. The van der Waals surface area contributed by atoms with Crippen LogP contribution in [0.2, 0.25) is 0 Å². The van der Waals surface area contributed by atoms with Crippen LogP contribution < -0.4 is 5.73 Å². The van der Waals surface area contributed by atoms with Crippen LogP contribution >= 0.6 is 0 Å². The van der Waals surface area contributed by atoms with Gasteiger partial charge in [0, 0.05) is 16.7 Å². The van der Waals surface area contributed by atoms with Gasteiger partial charge in [-0.05, 0) is 19.3 Å². The Hall–Kier alpha value is -1.55. The number of phenols is 1. The van der Waals surface area contributed by atoms with E-state index in [4.69, 9.17) is 10.8 Å². The maximum Gasteiger partial charge on any atom is 0.307 e. The lowest BCUT2D eigenvalue weighted by Crippen LogP contribution is -2.43. The molecule has 0 spiro atoms. The standard InChI is InChI=1S/C12H15NO3/c13-12(5-2-6-12)9-4-1-3-8(11(9)16)7-10(14)15/h1,3-4,16H,2,5-7,13H2,(H,14,15).